The Bertz CT molecular complexity index is 286. The van der Waals surface area contributed by atoms with Crippen molar-refractivity contribution in [1.82, 2.24) is 5.32 Å². The van der Waals surface area contributed by atoms with Gasteiger partial charge >= 0.3 is 0 Å². The highest BCUT2D eigenvalue weighted by atomic mass is 16.5. The summed E-state index contributed by atoms with van der Waals surface area (Å²) in [7, 11) is 0. The van der Waals surface area contributed by atoms with Gasteiger partial charge in [0.05, 0.1) is 6.10 Å². The number of hydrogen-bond acceptors (Lipinski definition) is 2. The molecular formula is C13H21NO. The van der Waals surface area contributed by atoms with E-state index in [1.165, 1.54) is 11.1 Å². The van der Waals surface area contributed by atoms with Gasteiger partial charge in [0.1, 0.15) is 0 Å². The van der Waals surface area contributed by atoms with Gasteiger partial charge in [0.2, 0.25) is 0 Å². The van der Waals surface area contributed by atoms with E-state index in [-0.39, 0.29) is 0 Å². The molecule has 1 rings (SSSR count). The molecular weight excluding hydrogens is 186 g/mol. The molecule has 0 spiro atoms. The number of nitrogens with one attached hydrogen (secondary N) is 1. The summed E-state index contributed by atoms with van der Waals surface area (Å²) in [4.78, 5) is 0. The first kappa shape index (κ1) is 12.2. The van der Waals surface area contributed by atoms with E-state index in [9.17, 15) is 0 Å². The first-order valence-electron chi connectivity index (χ1n) is 5.60. The van der Waals surface area contributed by atoms with Crippen LogP contribution in [0.2, 0.25) is 0 Å². The van der Waals surface area contributed by atoms with E-state index in [1.54, 1.807) is 0 Å². The van der Waals surface area contributed by atoms with Crippen molar-refractivity contribution in [3.8, 4) is 0 Å². The predicted molar refractivity (Wildman–Crippen MR) is 64.0 cm³/mol. The average Bonchev–Trinajstić information content (AvgIpc) is 2.18. The Morgan fingerprint density at radius 1 is 1.40 bits per heavy atom. The Morgan fingerprint density at radius 3 is 2.87 bits per heavy atom. The third kappa shape index (κ3) is 4.96. The van der Waals surface area contributed by atoms with Crippen molar-refractivity contribution in [2.75, 3.05) is 13.2 Å². The highest BCUT2D eigenvalue weighted by Gasteiger charge is 1.99. The van der Waals surface area contributed by atoms with Gasteiger partial charge in [-0.3, -0.25) is 0 Å². The second-order valence-corrected chi connectivity index (χ2v) is 3.89. The van der Waals surface area contributed by atoms with Crippen LogP contribution >= 0.6 is 0 Å². The molecule has 2 heteroatoms. The summed E-state index contributed by atoms with van der Waals surface area (Å²) in [6.07, 6.45) is 0.291. The van der Waals surface area contributed by atoms with Gasteiger partial charge in [0, 0.05) is 19.7 Å². The Labute approximate surface area is 92.6 Å². The number of ether oxygens (including phenoxy) is 1. The number of aryl methyl sites for hydroxylation is 1. The highest BCUT2D eigenvalue weighted by Crippen LogP contribution is 2.03. The van der Waals surface area contributed by atoms with Crippen LogP contribution in [0.25, 0.3) is 0 Å². The molecule has 0 aliphatic carbocycles. The Morgan fingerprint density at radius 2 is 2.20 bits per heavy atom. The van der Waals surface area contributed by atoms with Crippen molar-refractivity contribution in [1.29, 1.82) is 0 Å². The monoisotopic (exact) mass is 207 g/mol. The van der Waals surface area contributed by atoms with Crippen LogP contribution in [-0.4, -0.2) is 19.3 Å². The van der Waals surface area contributed by atoms with Crippen LogP contribution in [0, 0.1) is 6.92 Å². The van der Waals surface area contributed by atoms with Crippen LogP contribution < -0.4 is 5.32 Å². The molecule has 1 aromatic carbocycles. The van der Waals surface area contributed by atoms with Crippen LogP contribution in [-0.2, 0) is 11.3 Å². The van der Waals surface area contributed by atoms with Gasteiger partial charge in [-0.05, 0) is 26.3 Å². The molecule has 2 nitrogen and oxygen atoms in total. The third-order valence-electron chi connectivity index (χ3n) is 2.29. The van der Waals surface area contributed by atoms with Gasteiger partial charge in [0.25, 0.3) is 0 Å². The Balaban J connectivity index is 2.25. The van der Waals surface area contributed by atoms with Crippen LogP contribution in [0.5, 0.6) is 0 Å². The summed E-state index contributed by atoms with van der Waals surface area (Å²) in [5.74, 6) is 0. The van der Waals surface area contributed by atoms with E-state index < -0.39 is 0 Å². The van der Waals surface area contributed by atoms with Crippen molar-refractivity contribution in [3.63, 3.8) is 0 Å². The van der Waals surface area contributed by atoms with Gasteiger partial charge in [-0.25, -0.2) is 0 Å². The van der Waals surface area contributed by atoms with Gasteiger partial charge < -0.3 is 10.1 Å². The van der Waals surface area contributed by atoms with E-state index in [0.717, 1.165) is 19.7 Å². The van der Waals surface area contributed by atoms with Crippen molar-refractivity contribution >= 4 is 0 Å². The van der Waals surface area contributed by atoms with Crippen molar-refractivity contribution in [2.45, 2.75) is 33.4 Å². The minimum absolute atomic E-state index is 0.291. The molecule has 0 saturated carbocycles. The van der Waals surface area contributed by atoms with Crippen molar-refractivity contribution < 1.29 is 4.74 Å². The van der Waals surface area contributed by atoms with Gasteiger partial charge in [-0.1, -0.05) is 29.8 Å². The summed E-state index contributed by atoms with van der Waals surface area (Å²) in [5.41, 5.74) is 2.64. The minimum Gasteiger partial charge on any atom is -0.377 e. The quantitative estimate of drug-likeness (QED) is 0.774. The summed E-state index contributed by atoms with van der Waals surface area (Å²) in [6, 6.07) is 8.56. The number of rotatable bonds is 6. The molecule has 1 atom stereocenters. The first-order chi connectivity index (χ1) is 7.22. The maximum atomic E-state index is 5.44. The molecule has 1 N–H and O–H groups in total. The smallest absolute Gasteiger partial charge is 0.0671 e. The largest absolute Gasteiger partial charge is 0.377 e. The molecule has 0 radical (unpaired) electrons. The molecule has 0 amide bonds. The molecule has 0 bridgehead atoms. The SMILES string of the molecule is CCOC(C)CNCc1cccc(C)c1. The average molecular weight is 207 g/mol. The lowest BCUT2D eigenvalue weighted by Crippen LogP contribution is -2.26. The molecule has 15 heavy (non-hydrogen) atoms. The molecule has 0 aliphatic rings. The van der Waals surface area contributed by atoms with Crippen LogP contribution in [0.1, 0.15) is 25.0 Å². The second-order valence-electron chi connectivity index (χ2n) is 3.89. The highest BCUT2D eigenvalue weighted by molar-refractivity contribution is 5.21. The Hall–Kier alpha value is -0.860. The zero-order valence-electron chi connectivity index (χ0n) is 9.92. The molecule has 1 aromatic rings. The lowest BCUT2D eigenvalue weighted by atomic mass is 10.1. The fraction of sp³-hybridized carbons (Fsp3) is 0.538. The van der Waals surface area contributed by atoms with Crippen LogP contribution in [0.4, 0.5) is 0 Å². The lowest BCUT2D eigenvalue weighted by molar-refractivity contribution is 0.0759. The zero-order valence-corrected chi connectivity index (χ0v) is 9.92. The van der Waals surface area contributed by atoms with Crippen LogP contribution in [0.15, 0.2) is 24.3 Å². The first-order valence-corrected chi connectivity index (χ1v) is 5.60. The van der Waals surface area contributed by atoms with Crippen LogP contribution in [0.3, 0.4) is 0 Å². The standard InChI is InChI=1S/C13H21NO/c1-4-15-12(3)9-14-10-13-7-5-6-11(2)8-13/h5-8,12,14H,4,9-10H2,1-3H3. The Kier molecular flexibility index (Phi) is 5.37. The summed E-state index contributed by atoms with van der Waals surface area (Å²) < 4.78 is 5.44. The van der Waals surface area contributed by atoms with Gasteiger partial charge in [0.15, 0.2) is 0 Å². The molecule has 0 aliphatic heterocycles. The maximum Gasteiger partial charge on any atom is 0.0671 e. The second kappa shape index (κ2) is 6.59. The molecule has 0 heterocycles. The summed E-state index contributed by atoms with van der Waals surface area (Å²) in [5, 5.41) is 3.39. The lowest BCUT2D eigenvalue weighted by Gasteiger charge is -2.12. The van der Waals surface area contributed by atoms with E-state index in [1.807, 2.05) is 6.92 Å². The van der Waals surface area contributed by atoms with E-state index in [0.29, 0.717) is 6.10 Å². The number of benzene rings is 1. The van der Waals surface area contributed by atoms with Crippen molar-refractivity contribution in [2.24, 2.45) is 0 Å². The minimum atomic E-state index is 0.291. The molecule has 0 fully saturated rings. The third-order valence-corrected chi connectivity index (χ3v) is 2.29. The summed E-state index contributed by atoms with van der Waals surface area (Å²) >= 11 is 0. The molecule has 0 saturated heterocycles. The van der Waals surface area contributed by atoms with E-state index in [4.69, 9.17) is 4.74 Å². The van der Waals surface area contributed by atoms with E-state index >= 15 is 0 Å². The van der Waals surface area contributed by atoms with Gasteiger partial charge in [-0.15, -0.1) is 0 Å². The fourth-order valence-corrected chi connectivity index (χ4v) is 1.59. The molecule has 84 valence electrons. The maximum absolute atomic E-state index is 5.44. The fourth-order valence-electron chi connectivity index (χ4n) is 1.59. The van der Waals surface area contributed by atoms with E-state index in [2.05, 4.69) is 43.4 Å². The zero-order chi connectivity index (χ0) is 11.1. The predicted octanol–water partition coefficient (Wildman–Crippen LogP) is 2.51. The molecule has 0 aromatic heterocycles. The summed E-state index contributed by atoms with van der Waals surface area (Å²) in [6.45, 7) is 8.84. The van der Waals surface area contributed by atoms with Gasteiger partial charge in [-0.2, -0.15) is 0 Å². The normalized spacial score (nSPS) is 12.7. The molecule has 1 unspecified atom stereocenters. The number of hydrogen-bond donors (Lipinski definition) is 1. The van der Waals surface area contributed by atoms with Crippen molar-refractivity contribution in [3.05, 3.63) is 35.4 Å². The topological polar surface area (TPSA) is 21.3 Å².